The van der Waals surface area contributed by atoms with E-state index >= 15 is 0 Å². The van der Waals surface area contributed by atoms with Crippen LogP contribution in [0, 0.1) is 0 Å². The zero-order chi connectivity index (χ0) is 7.66. The summed E-state index contributed by atoms with van der Waals surface area (Å²) in [6.07, 6.45) is 1.69. The molecule has 0 heterocycles. The number of amides is 1. The first-order valence-electron chi connectivity index (χ1n) is 3.49. The van der Waals surface area contributed by atoms with Crippen molar-refractivity contribution in [2.45, 2.75) is 6.42 Å². The highest BCUT2D eigenvalue weighted by Crippen LogP contribution is 1.67. The summed E-state index contributed by atoms with van der Waals surface area (Å²) in [5, 5.41) is 5.67. The van der Waals surface area contributed by atoms with Crippen LogP contribution in [-0.4, -0.2) is 32.6 Å². The second-order valence-electron chi connectivity index (χ2n) is 1.96. The van der Waals surface area contributed by atoms with Crippen LogP contribution < -0.4 is 16.4 Å². The van der Waals surface area contributed by atoms with E-state index in [1.165, 1.54) is 0 Å². The fraction of sp³-hybridized carbons (Fsp3) is 0.833. The Balaban J connectivity index is 2.70. The molecule has 0 aliphatic carbocycles. The fourth-order valence-electron chi connectivity index (χ4n) is 0.572. The highest BCUT2D eigenvalue weighted by molar-refractivity contribution is 5.45. The normalized spacial score (nSPS) is 9.30. The SMILES string of the molecule is NCCCNCCNC=O. The van der Waals surface area contributed by atoms with Crippen molar-refractivity contribution >= 4 is 6.41 Å². The maximum Gasteiger partial charge on any atom is 0.207 e. The molecule has 0 aliphatic rings. The minimum Gasteiger partial charge on any atom is -0.357 e. The molecule has 0 radical (unpaired) electrons. The highest BCUT2D eigenvalue weighted by atomic mass is 16.1. The number of hydrogen-bond donors (Lipinski definition) is 3. The molecule has 0 atom stereocenters. The molecule has 0 saturated carbocycles. The van der Waals surface area contributed by atoms with Crippen molar-refractivity contribution in [2.24, 2.45) is 5.73 Å². The molecule has 4 N–H and O–H groups in total. The molecule has 4 heteroatoms. The number of hydrogen-bond acceptors (Lipinski definition) is 3. The van der Waals surface area contributed by atoms with Gasteiger partial charge in [-0.05, 0) is 19.5 Å². The number of nitrogens with two attached hydrogens (primary N) is 1. The van der Waals surface area contributed by atoms with Gasteiger partial charge < -0.3 is 16.4 Å². The van der Waals surface area contributed by atoms with E-state index in [0.717, 1.165) is 19.5 Å². The average Bonchev–Trinajstić information content (AvgIpc) is 1.97. The summed E-state index contributed by atoms with van der Waals surface area (Å²) in [4.78, 5) is 9.73. The number of rotatable bonds is 7. The van der Waals surface area contributed by atoms with Crippen LogP contribution in [0.2, 0.25) is 0 Å². The smallest absolute Gasteiger partial charge is 0.207 e. The molecule has 0 aromatic carbocycles. The highest BCUT2D eigenvalue weighted by Gasteiger charge is 1.83. The standard InChI is InChI=1S/C6H15N3O/c7-2-1-3-8-4-5-9-6-10/h6,8H,1-5,7H2,(H,9,10). The second-order valence-corrected chi connectivity index (χ2v) is 1.96. The summed E-state index contributed by atoms with van der Waals surface area (Å²) in [5.41, 5.74) is 5.26. The molecular weight excluding hydrogens is 130 g/mol. The van der Waals surface area contributed by atoms with E-state index in [2.05, 4.69) is 10.6 Å². The fourth-order valence-corrected chi connectivity index (χ4v) is 0.572. The number of nitrogens with one attached hydrogen (secondary N) is 2. The third-order valence-electron chi connectivity index (χ3n) is 1.09. The Morgan fingerprint density at radius 2 is 2.10 bits per heavy atom. The zero-order valence-corrected chi connectivity index (χ0v) is 6.10. The summed E-state index contributed by atoms with van der Waals surface area (Å²) in [7, 11) is 0. The van der Waals surface area contributed by atoms with Gasteiger partial charge in [-0.15, -0.1) is 0 Å². The van der Waals surface area contributed by atoms with Crippen molar-refractivity contribution in [3.63, 3.8) is 0 Å². The molecule has 0 aromatic heterocycles. The first-order valence-corrected chi connectivity index (χ1v) is 3.49. The largest absolute Gasteiger partial charge is 0.357 e. The van der Waals surface area contributed by atoms with Gasteiger partial charge in [-0.3, -0.25) is 4.79 Å². The Kier molecular flexibility index (Phi) is 7.88. The predicted molar refractivity (Wildman–Crippen MR) is 40.6 cm³/mol. The van der Waals surface area contributed by atoms with E-state index in [-0.39, 0.29) is 0 Å². The van der Waals surface area contributed by atoms with Crippen LogP contribution in [0.4, 0.5) is 0 Å². The van der Waals surface area contributed by atoms with Gasteiger partial charge in [0, 0.05) is 13.1 Å². The Bertz CT molecular complexity index is 77.4. The average molecular weight is 145 g/mol. The molecular formula is C6H15N3O. The van der Waals surface area contributed by atoms with Gasteiger partial charge in [0.05, 0.1) is 0 Å². The minimum absolute atomic E-state index is 0.689. The molecule has 0 fully saturated rings. The van der Waals surface area contributed by atoms with Gasteiger partial charge >= 0.3 is 0 Å². The van der Waals surface area contributed by atoms with Crippen molar-refractivity contribution in [2.75, 3.05) is 26.2 Å². The van der Waals surface area contributed by atoms with Gasteiger partial charge in [-0.1, -0.05) is 0 Å². The van der Waals surface area contributed by atoms with Crippen LogP contribution in [0.3, 0.4) is 0 Å². The van der Waals surface area contributed by atoms with E-state index in [1.54, 1.807) is 0 Å². The molecule has 0 bridgehead atoms. The van der Waals surface area contributed by atoms with Crippen molar-refractivity contribution in [3.05, 3.63) is 0 Å². The first-order chi connectivity index (χ1) is 4.91. The monoisotopic (exact) mass is 145 g/mol. The Morgan fingerprint density at radius 1 is 1.30 bits per heavy atom. The third-order valence-corrected chi connectivity index (χ3v) is 1.09. The number of carbonyl (C=O) groups excluding carboxylic acids is 1. The molecule has 0 unspecified atom stereocenters. The summed E-state index contributed by atoms with van der Waals surface area (Å²) in [6.45, 7) is 3.15. The van der Waals surface area contributed by atoms with Gasteiger partial charge in [0.1, 0.15) is 0 Å². The van der Waals surface area contributed by atoms with Crippen LogP contribution in [-0.2, 0) is 4.79 Å². The molecule has 10 heavy (non-hydrogen) atoms. The lowest BCUT2D eigenvalue weighted by molar-refractivity contribution is -0.109. The molecule has 60 valence electrons. The maximum absolute atomic E-state index is 9.73. The second kappa shape index (κ2) is 8.39. The zero-order valence-electron chi connectivity index (χ0n) is 6.10. The maximum atomic E-state index is 9.73. The summed E-state index contributed by atoms with van der Waals surface area (Å²) in [6, 6.07) is 0. The van der Waals surface area contributed by atoms with Crippen molar-refractivity contribution in [1.82, 2.24) is 10.6 Å². The van der Waals surface area contributed by atoms with Crippen LogP contribution in [0.1, 0.15) is 6.42 Å². The first kappa shape index (κ1) is 9.39. The molecule has 0 spiro atoms. The summed E-state index contributed by atoms with van der Waals surface area (Å²) >= 11 is 0. The van der Waals surface area contributed by atoms with E-state index < -0.39 is 0 Å². The van der Waals surface area contributed by atoms with E-state index in [9.17, 15) is 4.79 Å². The van der Waals surface area contributed by atoms with Gasteiger partial charge in [0.15, 0.2) is 0 Å². The third kappa shape index (κ3) is 7.39. The van der Waals surface area contributed by atoms with Crippen LogP contribution in [0.25, 0.3) is 0 Å². The van der Waals surface area contributed by atoms with E-state index in [0.29, 0.717) is 19.5 Å². The topological polar surface area (TPSA) is 67.2 Å². The van der Waals surface area contributed by atoms with Crippen molar-refractivity contribution < 1.29 is 4.79 Å². The summed E-state index contributed by atoms with van der Waals surface area (Å²) < 4.78 is 0. The van der Waals surface area contributed by atoms with Crippen LogP contribution >= 0.6 is 0 Å². The minimum atomic E-state index is 0.689. The molecule has 0 aromatic rings. The molecule has 1 amide bonds. The van der Waals surface area contributed by atoms with Crippen LogP contribution in [0.15, 0.2) is 0 Å². The lowest BCUT2D eigenvalue weighted by Crippen LogP contribution is -2.27. The van der Waals surface area contributed by atoms with Crippen molar-refractivity contribution in [3.8, 4) is 0 Å². The Hall–Kier alpha value is -0.610. The molecule has 0 saturated heterocycles. The molecule has 0 aliphatic heterocycles. The Morgan fingerprint density at radius 3 is 2.70 bits per heavy atom. The lowest BCUT2D eigenvalue weighted by atomic mass is 10.4. The van der Waals surface area contributed by atoms with Gasteiger partial charge in [0.2, 0.25) is 6.41 Å². The predicted octanol–water partition coefficient (Wildman–Crippen LogP) is -1.33. The van der Waals surface area contributed by atoms with E-state index in [4.69, 9.17) is 5.73 Å². The van der Waals surface area contributed by atoms with E-state index in [1.807, 2.05) is 0 Å². The lowest BCUT2D eigenvalue weighted by Gasteiger charge is -2.01. The molecule has 4 nitrogen and oxygen atoms in total. The van der Waals surface area contributed by atoms with Gasteiger partial charge in [-0.25, -0.2) is 0 Å². The number of carbonyl (C=O) groups is 1. The van der Waals surface area contributed by atoms with Crippen LogP contribution in [0.5, 0.6) is 0 Å². The summed E-state index contributed by atoms with van der Waals surface area (Å²) in [5.74, 6) is 0. The van der Waals surface area contributed by atoms with Gasteiger partial charge in [-0.2, -0.15) is 0 Å². The molecule has 0 rings (SSSR count). The van der Waals surface area contributed by atoms with Gasteiger partial charge in [0.25, 0.3) is 0 Å². The quantitative estimate of drug-likeness (QED) is 0.307. The van der Waals surface area contributed by atoms with Crippen molar-refractivity contribution in [1.29, 1.82) is 0 Å². The Labute approximate surface area is 61.2 Å².